The first-order valence-electron chi connectivity index (χ1n) is 5.74. The van der Waals surface area contributed by atoms with Gasteiger partial charge in [0.05, 0.1) is 5.69 Å². The zero-order valence-electron chi connectivity index (χ0n) is 9.80. The molecule has 94 valence electrons. The second-order valence-electron chi connectivity index (χ2n) is 4.02. The van der Waals surface area contributed by atoms with Crippen LogP contribution in [0.2, 0.25) is 0 Å². The smallest absolute Gasteiger partial charge is 0.267 e. The highest BCUT2D eigenvalue weighted by Crippen LogP contribution is 2.26. The first kappa shape index (κ1) is 12.3. The minimum atomic E-state index is -0.599. The molecule has 1 saturated heterocycles. The maximum absolute atomic E-state index is 11.7. The van der Waals surface area contributed by atoms with Gasteiger partial charge < -0.3 is 4.90 Å². The van der Waals surface area contributed by atoms with Crippen molar-refractivity contribution in [2.75, 3.05) is 11.4 Å². The Hall–Kier alpha value is -2.14. The molecule has 0 saturated carbocycles. The van der Waals surface area contributed by atoms with Crippen LogP contribution in [-0.2, 0) is 9.59 Å². The summed E-state index contributed by atoms with van der Waals surface area (Å²) in [6, 6.07) is 7.35. The van der Waals surface area contributed by atoms with Gasteiger partial charge in [-0.05, 0) is 24.1 Å². The van der Waals surface area contributed by atoms with Gasteiger partial charge in [-0.25, -0.2) is 5.48 Å². The third-order valence-corrected chi connectivity index (χ3v) is 2.83. The van der Waals surface area contributed by atoms with E-state index in [0.29, 0.717) is 13.0 Å². The Balaban J connectivity index is 2.28. The fraction of sp³-hybridized carbons (Fsp3) is 0.231. The normalized spacial score (nSPS) is 15.4. The molecule has 0 aliphatic carbocycles. The van der Waals surface area contributed by atoms with Crippen molar-refractivity contribution in [3.05, 3.63) is 35.9 Å². The van der Waals surface area contributed by atoms with Crippen molar-refractivity contribution in [3.8, 4) is 0 Å². The monoisotopic (exact) mass is 246 g/mol. The Labute approximate surface area is 105 Å². The van der Waals surface area contributed by atoms with E-state index >= 15 is 0 Å². The van der Waals surface area contributed by atoms with Crippen molar-refractivity contribution in [1.29, 1.82) is 0 Å². The molecule has 1 heterocycles. The highest BCUT2D eigenvalue weighted by atomic mass is 16.5. The molecule has 1 aliphatic heterocycles. The van der Waals surface area contributed by atoms with Gasteiger partial charge in [-0.1, -0.05) is 18.2 Å². The molecular formula is C13H14N2O3. The summed E-state index contributed by atoms with van der Waals surface area (Å²) < 4.78 is 0. The predicted octanol–water partition coefficient (Wildman–Crippen LogP) is 1.33. The third-order valence-electron chi connectivity index (χ3n) is 2.83. The van der Waals surface area contributed by atoms with E-state index in [1.165, 1.54) is 11.6 Å². The van der Waals surface area contributed by atoms with Gasteiger partial charge >= 0.3 is 0 Å². The number of carbonyl (C=O) groups is 2. The Kier molecular flexibility index (Phi) is 3.74. The van der Waals surface area contributed by atoms with E-state index in [-0.39, 0.29) is 5.91 Å². The summed E-state index contributed by atoms with van der Waals surface area (Å²) in [5, 5.41) is 8.42. The van der Waals surface area contributed by atoms with Crippen molar-refractivity contribution in [3.63, 3.8) is 0 Å². The van der Waals surface area contributed by atoms with Gasteiger partial charge in [0, 0.05) is 19.0 Å². The van der Waals surface area contributed by atoms with Gasteiger partial charge in [-0.15, -0.1) is 0 Å². The summed E-state index contributed by atoms with van der Waals surface area (Å²) in [5.41, 5.74) is 3.09. The molecule has 2 rings (SSSR count). The standard InChI is InChI=1S/C13H14N2O3/c16-12(14-18)8-7-10-4-1-2-5-11(10)15-9-3-6-13(15)17/h1-2,4-5,7-8,18H,3,6,9H2,(H,14,16)/b8-7+. The number of hydrogen-bond donors (Lipinski definition) is 2. The zero-order valence-corrected chi connectivity index (χ0v) is 9.80. The first-order chi connectivity index (χ1) is 8.72. The van der Waals surface area contributed by atoms with E-state index in [1.807, 2.05) is 24.3 Å². The lowest BCUT2D eigenvalue weighted by molar-refractivity contribution is -0.124. The third kappa shape index (κ3) is 2.57. The molecule has 1 aromatic rings. The molecule has 0 unspecified atom stereocenters. The summed E-state index contributed by atoms with van der Waals surface area (Å²) in [7, 11) is 0. The summed E-state index contributed by atoms with van der Waals surface area (Å²) >= 11 is 0. The van der Waals surface area contributed by atoms with E-state index < -0.39 is 5.91 Å². The number of benzene rings is 1. The number of nitrogens with zero attached hydrogens (tertiary/aromatic N) is 1. The summed E-state index contributed by atoms with van der Waals surface area (Å²) in [4.78, 5) is 24.4. The molecule has 2 amide bonds. The second kappa shape index (κ2) is 5.46. The number of hydrogen-bond acceptors (Lipinski definition) is 3. The maximum Gasteiger partial charge on any atom is 0.267 e. The summed E-state index contributed by atoms with van der Waals surface area (Å²) in [5.74, 6) is -0.500. The fourth-order valence-electron chi connectivity index (χ4n) is 1.98. The average Bonchev–Trinajstić information content (AvgIpc) is 2.82. The number of rotatable bonds is 3. The Morgan fingerprint density at radius 3 is 2.83 bits per heavy atom. The van der Waals surface area contributed by atoms with E-state index in [0.717, 1.165) is 17.7 Å². The molecule has 5 heteroatoms. The summed E-state index contributed by atoms with van der Waals surface area (Å²) in [6.45, 7) is 0.704. The van der Waals surface area contributed by atoms with Crippen LogP contribution in [0.5, 0.6) is 0 Å². The SMILES string of the molecule is O=C(/C=C/c1ccccc1N1CCCC1=O)NO. The molecule has 1 fully saturated rings. The minimum absolute atomic E-state index is 0.0995. The molecule has 0 radical (unpaired) electrons. The Morgan fingerprint density at radius 2 is 2.17 bits per heavy atom. The van der Waals surface area contributed by atoms with E-state index in [4.69, 9.17) is 5.21 Å². The van der Waals surface area contributed by atoms with Crippen LogP contribution >= 0.6 is 0 Å². The topological polar surface area (TPSA) is 69.6 Å². The molecular weight excluding hydrogens is 232 g/mol. The summed E-state index contributed by atoms with van der Waals surface area (Å²) in [6.07, 6.45) is 4.22. The van der Waals surface area contributed by atoms with Crippen LogP contribution in [-0.4, -0.2) is 23.6 Å². The highest BCUT2D eigenvalue weighted by molar-refractivity contribution is 5.98. The number of amides is 2. The van der Waals surface area contributed by atoms with Gasteiger partial charge in [0.15, 0.2) is 0 Å². The van der Waals surface area contributed by atoms with Crippen LogP contribution in [0.25, 0.3) is 6.08 Å². The molecule has 0 aromatic heterocycles. The highest BCUT2D eigenvalue weighted by Gasteiger charge is 2.22. The van der Waals surface area contributed by atoms with E-state index in [2.05, 4.69) is 0 Å². The quantitative estimate of drug-likeness (QED) is 0.480. The molecule has 5 nitrogen and oxygen atoms in total. The van der Waals surface area contributed by atoms with Crippen LogP contribution in [0.15, 0.2) is 30.3 Å². The predicted molar refractivity (Wildman–Crippen MR) is 67.0 cm³/mol. The van der Waals surface area contributed by atoms with Crippen LogP contribution < -0.4 is 10.4 Å². The Morgan fingerprint density at radius 1 is 1.39 bits per heavy atom. The van der Waals surface area contributed by atoms with Crippen molar-refractivity contribution in [2.45, 2.75) is 12.8 Å². The van der Waals surface area contributed by atoms with Gasteiger partial charge in [0.1, 0.15) is 0 Å². The number of hydroxylamine groups is 1. The number of anilines is 1. The van der Waals surface area contributed by atoms with Gasteiger partial charge in [-0.2, -0.15) is 0 Å². The molecule has 1 aromatic carbocycles. The lowest BCUT2D eigenvalue weighted by atomic mass is 10.1. The van der Waals surface area contributed by atoms with Crippen molar-refractivity contribution < 1.29 is 14.8 Å². The van der Waals surface area contributed by atoms with Crippen molar-refractivity contribution in [1.82, 2.24) is 5.48 Å². The van der Waals surface area contributed by atoms with Crippen LogP contribution in [0.4, 0.5) is 5.69 Å². The van der Waals surface area contributed by atoms with Crippen LogP contribution in [0.1, 0.15) is 18.4 Å². The Bertz CT molecular complexity index is 497. The number of carbonyl (C=O) groups excluding carboxylic acids is 2. The lowest BCUT2D eigenvalue weighted by Crippen LogP contribution is -2.24. The van der Waals surface area contributed by atoms with Crippen molar-refractivity contribution in [2.24, 2.45) is 0 Å². The van der Waals surface area contributed by atoms with Gasteiger partial charge in [0.2, 0.25) is 5.91 Å². The molecule has 2 N–H and O–H groups in total. The lowest BCUT2D eigenvalue weighted by Gasteiger charge is -2.18. The number of nitrogens with one attached hydrogen (secondary N) is 1. The van der Waals surface area contributed by atoms with Gasteiger partial charge in [-0.3, -0.25) is 14.8 Å². The number of para-hydroxylation sites is 1. The van der Waals surface area contributed by atoms with Crippen molar-refractivity contribution >= 4 is 23.6 Å². The average molecular weight is 246 g/mol. The van der Waals surface area contributed by atoms with E-state index in [9.17, 15) is 9.59 Å². The zero-order chi connectivity index (χ0) is 13.0. The largest absolute Gasteiger partial charge is 0.312 e. The molecule has 0 atom stereocenters. The van der Waals surface area contributed by atoms with Gasteiger partial charge in [0.25, 0.3) is 5.91 Å². The minimum Gasteiger partial charge on any atom is -0.312 e. The molecule has 18 heavy (non-hydrogen) atoms. The molecule has 1 aliphatic rings. The second-order valence-corrected chi connectivity index (χ2v) is 4.02. The van der Waals surface area contributed by atoms with Crippen LogP contribution in [0, 0.1) is 0 Å². The molecule has 0 bridgehead atoms. The van der Waals surface area contributed by atoms with Crippen LogP contribution in [0.3, 0.4) is 0 Å². The molecule has 0 spiro atoms. The van der Waals surface area contributed by atoms with E-state index in [1.54, 1.807) is 11.0 Å². The maximum atomic E-state index is 11.7. The fourth-order valence-corrected chi connectivity index (χ4v) is 1.98. The first-order valence-corrected chi connectivity index (χ1v) is 5.74.